The molecule has 1 aliphatic carbocycles. The van der Waals surface area contributed by atoms with E-state index in [9.17, 15) is 4.79 Å². The first-order chi connectivity index (χ1) is 8.18. The minimum Gasteiger partial charge on any atom is -0.469 e. The highest BCUT2D eigenvalue weighted by molar-refractivity contribution is 5.76. The van der Waals surface area contributed by atoms with E-state index in [2.05, 4.69) is 25.8 Å². The maximum atomic E-state index is 11.7. The van der Waals surface area contributed by atoms with E-state index in [0.717, 1.165) is 6.54 Å². The van der Waals surface area contributed by atoms with Crippen molar-refractivity contribution in [3.63, 3.8) is 0 Å². The predicted molar refractivity (Wildman–Crippen MR) is 74.5 cm³/mol. The number of methoxy groups -OCH3 is 1. The summed E-state index contributed by atoms with van der Waals surface area (Å²) in [7, 11) is 3.60. The van der Waals surface area contributed by atoms with E-state index < -0.39 is 5.41 Å². The van der Waals surface area contributed by atoms with Crippen molar-refractivity contribution in [1.82, 2.24) is 4.90 Å². The van der Waals surface area contributed by atoms with Crippen LogP contribution in [0.15, 0.2) is 0 Å². The summed E-state index contributed by atoms with van der Waals surface area (Å²) in [5.41, 5.74) is 0.0751. The van der Waals surface area contributed by atoms with Crippen LogP contribution in [0.4, 0.5) is 0 Å². The summed E-state index contributed by atoms with van der Waals surface area (Å²) in [4.78, 5) is 14.0. The zero-order valence-electron chi connectivity index (χ0n) is 12.9. The topological polar surface area (TPSA) is 29.5 Å². The third kappa shape index (κ3) is 3.98. The van der Waals surface area contributed by atoms with Gasteiger partial charge in [-0.15, -0.1) is 0 Å². The molecule has 0 heterocycles. The monoisotopic (exact) mass is 255 g/mol. The number of ether oxygens (including phenoxy) is 1. The molecule has 1 rings (SSSR count). The summed E-state index contributed by atoms with van der Waals surface area (Å²) in [6.07, 6.45) is 5.03. The van der Waals surface area contributed by atoms with Crippen molar-refractivity contribution in [3.8, 4) is 0 Å². The molecule has 1 fully saturated rings. The van der Waals surface area contributed by atoms with Crippen LogP contribution in [0.25, 0.3) is 0 Å². The molecule has 1 saturated carbocycles. The zero-order valence-corrected chi connectivity index (χ0v) is 12.9. The molecule has 0 aromatic heterocycles. The van der Waals surface area contributed by atoms with E-state index in [4.69, 9.17) is 4.74 Å². The maximum Gasteiger partial charge on any atom is 0.312 e. The van der Waals surface area contributed by atoms with Crippen molar-refractivity contribution in [3.05, 3.63) is 0 Å². The first kappa shape index (κ1) is 15.5. The van der Waals surface area contributed by atoms with Crippen molar-refractivity contribution in [1.29, 1.82) is 0 Å². The smallest absolute Gasteiger partial charge is 0.312 e. The molecule has 0 unspecified atom stereocenters. The van der Waals surface area contributed by atoms with Crippen LogP contribution in [-0.4, -0.2) is 37.6 Å². The first-order valence-corrected chi connectivity index (χ1v) is 6.97. The molecule has 106 valence electrons. The Morgan fingerprint density at radius 1 is 1.33 bits per heavy atom. The standard InChI is InChI=1S/C15H29NO2/c1-14(2)9-7-12(8-10-14)16(5)11-15(3,4)13(17)18-6/h12H,7-11H2,1-6H3. The van der Waals surface area contributed by atoms with Gasteiger partial charge in [-0.2, -0.15) is 0 Å². The summed E-state index contributed by atoms with van der Waals surface area (Å²) >= 11 is 0. The Morgan fingerprint density at radius 2 is 1.83 bits per heavy atom. The molecule has 3 nitrogen and oxygen atoms in total. The van der Waals surface area contributed by atoms with Gasteiger partial charge >= 0.3 is 5.97 Å². The van der Waals surface area contributed by atoms with Crippen molar-refractivity contribution >= 4 is 5.97 Å². The highest BCUT2D eigenvalue weighted by Gasteiger charge is 2.34. The van der Waals surface area contributed by atoms with Gasteiger partial charge < -0.3 is 9.64 Å². The maximum absolute atomic E-state index is 11.7. The fourth-order valence-electron chi connectivity index (χ4n) is 2.92. The summed E-state index contributed by atoms with van der Waals surface area (Å²) < 4.78 is 4.87. The largest absolute Gasteiger partial charge is 0.469 e. The van der Waals surface area contributed by atoms with Gasteiger partial charge in [0.1, 0.15) is 0 Å². The van der Waals surface area contributed by atoms with Gasteiger partial charge in [0.2, 0.25) is 0 Å². The minimum absolute atomic E-state index is 0.120. The lowest BCUT2D eigenvalue weighted by molar-refractivity contribution is -0.152. The van der Waals surface area contributed by atoms with E-state index in [1.54, 1.807) is 0 Å². The van der Waals surface area contributed by atoms with Gasteiger partial charge in [0.25, 0.3) is 0 Å². The lowest BCUT2D eigenvalue weighted by atomic mass is 9.75. The highest BCUT2D eigenvalue weighted by Crippen LogP contribution is 2.37. The average molecular weight is 255 g/mol. The molecule has 0 N–H and O–H groups in total. The molecule has 0 aromatic rings. The van der Waals surface area contributed by atoms with Crippen LogP contribution in [-0.2, 0) is 9.53 Å². The van der Waals surface area contributed by atoms with Crippen LogP contribution >= 0.6 is 0 Å². The predicted octanol–water partition coefficient (Wildman–Crippen LogP) is 3.09. The van der Waals surface area contributed by atoms with Crippen molar-refractivity contribution in [2.24, 2.45) is 10.8 Å². The molecule has 0 spiro atoms. The van der Waals surface area contributed by atoms with Crippen LogP contribution < -0.4 is 0 Å². The third-order valence-corrected chi connectivity index (χ3v) is 4.31. The van der Waals surface area contributed by atoms with Gasteiger partial charge in [-0.1, -0.05) is 13.8 Å². The number of carbonyl (C=O) groups excluding carboxylic acids is 1. The highest BCUT2D eigenvalue weighted by atomic mass is 16.5. The number of carbonyl (C=O) groups is 1. The van der Waals surface area contributed by atoms with Crippen LogP contribution in [0.5, 0.6) is 0 Å². The van der Waals surface area contributed by atoms with E-state index >= 15 is 0 Å². The van der Waals surface area contributed by atoms with E-state index in [1.807, 2.05) is 13.8 Å². The van der Waals surface area contributed by atoms with Crippen LogP contribution in [0.3, 0.4) is 0 Å². The molecule has 3 heteroatoms. The van der Waals surface area contributed by atoms with E-state index in [1.165, 1.54) is 32.8 Å². The van der Waals surface area contributed by atoms with Gasteiger partial charge in [0.05, 0.1) is 12.5 Å². The fraction of sp³-hybridized carbons (Fsp3) is 0.933. The molecule has 0 aliphatic heterocycles. The number of esters is 1. The minimum atomic E-state index is -0.420. The molecular formula is C15H29NO2. The number of hydrogen-bond donors (Lipinski definition) is 0. The lowest BCUT2D eigenvalue weighted by Gasteiger charge is -2.40. The van der Waals surface area contributed by atoms with Crippen molar-refractivity contribution in [2.75, 3.05) is 20.7 Å². The molecule has 0 aromatic carbocycles. The van der Waals surface area contributed by atoms with Gasteiger partial charge in [-0.3, -0.25) is 4.79 Å². The van der Waals surface area contributed by atoms with Gasteiger partial charge in [0.15, 0.2) is 0 Å². The summed E-state index contributed by atoms with van der Waals surface area (Å²) in [5, 5.41) is 0. The molecule has 0 amide bonds. The Bertz CT molecular complexity index is 287. The average Bonchev–Trinajstić information content (AvgIpc) is 2.26. The molecular weight excluding hydrogens is 226 g/mol. The molecule has 0 radical (unpaired) electrons. The van der Waals surface area contributed by atoms with Crippen LogP contribution in [0.1, 0.15) is 53.4 Å². The molecule has 0 saturated heterocycles. The van der Waals surface area contributed by atoms with Gasteiger partial charge in [-0.05, 0) is 52.0 Å². The summed E-state index contributed by atoms with van der Waals surface area (Å²) in [5.74, 6) is -0.120. The Balaban J connectivity index is 2.51. The third-order valence-electron chi connectivity index (χ3n) is 4.31. The number of nitrogens with zero attached hydrogens (tertiary/aromatic N) is 1. The number of rotatable bonds is 4. The normalized spacial score (nSPS) is 21.1. The van der Waals surface area contributed by atoms with Crippen LogP contribution in [0, 0.1) is 10.8 Å². The molecule has 1 aliphatic rings. The summed E-state index contributed by atoms with van der Waals surface area (Å²) in [6.45, 7) is 9.39. The Morgan fingerprint density at radius 3 is 2.28 bits per heavy atom. The second-order valence-electron chi connectivity index (χ2n) is 7.19. The Kier molecular flexibility index (Phi) is 4.82. The Labute approximate surface area is 112 Å². The zero-order chi connectivity index (χ0) is 14.0. The fourth-order valence-corrected chi connectivity index (χ4v) is 2.92. The van der Waals surface area contributed by atoms with Crippen LogP contribution in [0.2, 0.25) is 0 Å². The second kappa shape index (κ2) is 5.60. The van der Waals surface area contributed by atoms with E-state index in [0.29, 0.717) is 11.5 Å². The van der Waals surface area contributed by atoms with Crippen molar-refractivity contribution in [2.45, 2.75) is 59.4 Å². The molecule has 0 bridgehead atoms. The van der Waals surface area contributed by atoms with E-state index in [-0.39, 0.29) is 5.97 Å². The second-order valence-corrected chi connectivity index (χ2v) is 7.19. The number of hydrogen-bond acceptors (Lipinski definition) is 3. The SMILES string of the molecule is COC(=O)C(C)(C)CN(C)C1CCC(C)(C)CC1. The summed E-state index contributed by atoms with van der Waals surface area (Å²) in [6, 6.07) is 0.613. The van der Waals surface area contributed by atoms with Crippen molar-refractivity contribution < 1.29 is 9.53 Å². The Hall–Kier alpha value is -0.570. The van der Waals surface area contributed by atoms with Gasteiger partial charge in [-0.25, -0.2) is 0 Å². The quantitative estimate of drug-likeness (QED) is 0.723. The molecule has 18 heavy (non-hydrogen) atoms. The first-order valence-electron chi connectivity index (χ1n) is 6.97. The van der Waals surface area contributed by atoms with Gasteiger partial charge in [0, 0.05) is 12.6 Å². The lowest BCUT2D eigenvalue weighted by Crippen LogP contribution is -2.44. The molecule has 0 atom stereocenters.